The van der Waals surface area contributed by atoms with Crippen LogP contribution in [-0.2, 0) is 4.43 Å². The molecule has 1 rings (SSSR count). The molecule has 8 heavy (non-hydrogen) atoms. The Balaban J connectivity index is 2.40. The highest BCUT2D eigenvalue weighted by Crippen LogP contribution is 2.34. The van der Waals surface area contributed by atoms with E-state index in [0.717, 1.165) is 0 Å². The average molecular weight is 148 g/mol. The van der Waals surface area contributed by atoms with E-state index >= 15 is 0 Å². The van der Waals surface area contributed by atoms with Crippen LogP contribution in [-0.4, -0.2) is 20.3 Å². The van der Waals surface area contributed by atoms with Crippen molar-refractivity contribution in [3.63, 3.8) is 0 Å². The van der Waals surface area contributed by atoms with Gasteiger partial charge in [-0.25, -0.2) is 0 Å². The molecule has 0 N–H and O–H groups in total. The van der Waals surface area contributed by atoms with Gasteiger partial charge in [0.15, 0.2) is 0 Å². The molecule has 0 spiro atoms. The number of rotatable bonds is 1. The fourth-order valence-electron chi connectivity index (χ4n) is 0.915. The molecule has 0 aromatic heterocycles. The lowest BCUT2D eigenvalue weighted by Gasteiger charge is -2.15. The Kier molecular flexibility index (Phi) is 2.00. The SMILES string of the molecule is CO[Si]1(C)CCCS1. The van der Waals surface area contributed by atoms with E-state index in [-0.39, 0.29) is 0 Å². The molecule has 48 valence electrons. The molecule has 1 saturated heterocycles. The van der Waals surface area contributed by atoms with E-state index in [1.165, 1.54) is 18.2 Å². The zero-order chi connectivity index (χ0) is 6.04. The van der Waals surface area contributed by atoms with E-state index in [4.69, 9.17) is 4.43 Å². The summed E-state index contributed by atoms with van der Waals surface area (Å²) in [5.74, 6) is 1.33. The maximum absolute atomic E-state index is 5.40. The van der Waals surface area contributed by atoms with Gasteiger partial charge in [0.05, 0.1) is 0 Å². The fourth-order valence-corrected chi connectivity index (χ4v) is 6.12. The van der Waals surface area contributed by atoms with Crippen LogP contribution in [0.15, 0.2) is 0 Å². The van der Waals surface area contributed by atoms with Crippen molar-refractivity contribution >= 4 is 18.7 Å². The third-order valence-electron chi connectivity index (χ3n) is 1.61. The molecule has 0 aromatic rings. The molecule has 1 nitrogen and oxygen atoms in total. The zero-order valence-corrected chi connectivity index (χ0v) is 7.25. The summed E-state index contributed by atoms with van der Waals surface area (Å²) in [4.78, 5) is 0. The third kappa shape index (κ3) is 1.27. The zero-order valence-electron chi connectivity index (χ0n) is 5.44. The van der Waals surface area contributed by atoms with Gasteiger partial charge in [0.1, 0.15) is 0 Å². The average Bonchev–Trinajstić information content (AvgIpc) is 2.17. The maximum atomic E-state index is 5.40. The summed E-state index contributed by atoms with van der Waals surface area (Å²) in [6.45, 7) is 2.30. The van der Waals surface area contributed by atoms with Gasteiger partial charge < -0.3 is 4.43 Å². The van der Waals surface area contributed by atoms with E-state index in [1.807, 2.05) is 7.11 Å². The first kappa shape index (κ1) is 6.64. The summed E-state index contributed by atoms with van der Waals surface area (Å²) >= 11 is 2.06. The summed E-state index contributed by atoms with van der Waals surface area (Å²) in [6.07, 6.45) is 1.38. The van der Waals surface area contributed by atoms with Crippen LogP contribution in [0.5, 0.6) is 0 Å². The molecular formula is C5H12OSSi. The molecule has 0 bridgehead atoms. The summed E-state index contributed by atoms with van der Waals surface area (Å²) in [6, 6.07) is 1.36. The van der Waals surface area contributed by atoms with Gasteiger partial charge in [-0.15, -0.1) is 0 Å². The summed E-state index contributed by atoms with van der Waals surface area (Å²) < 4.78 is 5.40. The molecule has 1 aliphatic rings. The lowest BCUT2D eigenvalue weighted by Crippen LogP contribution is -2.24. The van der Waals surface area contributed by atoms with Crippen LogP contribution in [0, 0.1) is 0 Å². The van der Waals surface area contributed by atoms with Crippen LogP contribution in [0.4, 0.5) is 0 Å². The van der Waals surface area contributed by atoms with Crippen LogP contribution >= 0.6 is 11.2 Å². The molecular weight excluding hydrogens is 136 g/mol. The second-order valence-corrected chi connectivity index (χ2v) is 9.62. The molecule has 1 fully saturated rings. The van der Waals surface area contributed by atoms with E-state index in [9.17, 15) is 0 Å². The van der Waals surface area contributed by atoms with Crippen LogP contribution < -0.4 is 0 Å². The lowest BCUT2D eigenvalue weighted by molar-refractivity contribution is 0.418. The van der Waals surface area contributed by atoms with Crippen molar-refractivity contribution in [2.75, 3.05) is 12.9 Å². The minimum Gasteiger partial charge on any atom is -0.410 e. The normalized spacial score (nSPS) is 38.2. The molecule has 1 aliphatic heterocycles. The van der Waals surface area contributed by atoms with Crippen LogP contribution in [0.2, 0.25) is 12.6 Å². The van der Waals surface area contributed by atoms with Gasteiger partial charge in [-0.1, -0.05) is 0 Å². The van der Waals surface area contributed by atoms with Gasteiger partial charge in [-0.05, 0) is 24.8 Å². The second kappa shape index (κ2) is 2.41. The Morgan fingerprint density at radius 1 is 1.62 bits per heavy atom. The molecule has 0 aliphatic carbocycles. The highest BCUT2D eigenvalue weighted by molar-refractivity contribution is 8.28. The number of hydrogen-bond donors (Lipinski definition) is 0. The molecule has 0 saturated carbocycles. The van der Waals surface area contributed by atoms with Gasteiger partial charge in [-0.3, -0.25) is 0 Å². The Labute approximate surface area is 55.6 Å². The minimum absolute atomic E-state index is 1.14. The van der Waals surface area contributed by atoms with E-state index in [0.29, 0.717) is 0 Å². The Morgan fingerprint density at radius 2 is 2.38 bits per heavy atom. The fraction of sp³-hybridized carbons (Fsp3) is 1.00. The summed E-state index contributed by atoms with van der Waals surface area (Å²) in [7, 11) is 0.708. The first-order valence-corrected chi connectivity index (χ1v) is 7.28. The molecule has 1 atom stereocenters. The summed E-state index contributed by atoms with van der Waals surface area (Å²) in [5, 5.41) is 0. The first-order chi connectivity index (χ1) is 3.77. The lowest BCUT2D eigenvalue weighted by atomic mass is 10.6. The van der Waals surface area contributed by atoms with Gasteiger partial charge in [0, 0.05) is 7.11 Å². The molecule has 0 radical (unpaired) electrons. The Hall–Kier alpha value is 0.527. The topological polar surface area (TPSA) is 9.23 Å². The van der Waals surface area contributed by atoms with Gasteiger partial charge in [0.25, 0.3) is 7.47 Å². The molecule has 0 amide bonds. The number of hydrogen-bond acceptors (Lipinski definition) is 2. The Morgan fingerprint density at radius 3 is 2.62 bits per heavy atom. The van der Waals surface area contributed by atoms with Crippen molar-refractivity contribution in [1.82, 2.24) is 0 Å². The van der Waals surface area contributed by atoms with Crippen molar-refractivity contribution in [1.29, 1.82) is 0 Å². The van der Waals surface area contributed by atoms with Crippen molar-refractivity contribution < 1.29 is 4.43 Å². The first-order valence-electron chi connectivity index (χ1n) is 2.96. The van der Waals surface area contributed by atoms with Gasteiger partial charge in [0.2, 0.25) is 0 Å². The molecule has 1 heterocycles. The van der Waals surface area contributed by atoms with Crippen LogP contribution in [0.3, 0.4) is 0 Å². The highest BCUT2D eigenvalue weighted by atomic mass is 32.4. The Bertz CT molecular complexity index is 80.5. The maximum Gasteiger partial charge on any atom is 0.250 e. The minimum atomic E-state index is -1.14. The van der Waals surface area contributed by atoms with E-state index < -0.39 is 7.47 Å². The molecule has 1 unspecified atom stereocenters. The predicted molar refractivity (Wildman–Crippen MR) is 40.5 cm³/mol. The molecule has 3 heteroatoms. The van der Waals surface area contributed by atoms with Crippen molar-refractivity contribution in [3.05, 3.63) is 0 Å². The quantitative estimate of drug-likeness (QED) is 0.525. The van der Waals surface area contributed by atoms with Crippen molar-refractivity contribution in [3.8, 4) is 0 Å². The van der Waals surface area contributed by atoms with Crippen molar-refractivity contribution in [2.45, 2.75) is 19.0 Å². The van der Waals surface area contributed by atoms with E-state index in [2.05, 4.69) is 17.8 Å². The largest absolute Gasteiger partial charge is 0.410 e. The summed E-state index contributed by atoms with van der Waals surface area (Å²) in [5.41, 5.74) is 0. The van der Waals surface area contributed by atoms with Crippen LogP contribution in [0.25, 0.3) is 0 Å². The van der Waals surface area contributed by atoms with Gasteiger partial charge >= 0.3 is 0 Å². The highest BCUT2D eigenvalue weighted by Gasteiger charge is 2.32. The third-order valence-corrected chi connectivity index (χ3v) is 8.40. The monoisotopic (exact) mass is 148 g/mol. The second-order valence-electron chi connectivity index (χ2n) is 2.29. The van der Waals surface area contributed by atoms with Gasteiger partial charge in [-0.2, -0.15) is 11.2 Å². The smallest absolute Gasteiger partial charge is 0.250 e. The molecule has 0 aromatic carbocycles. The standard InChI is InChI=1S/C5H12OSSi/c1-6-8(2)5-3-4-7-8/h3-5H2,1-2H3. The van der Waals surface area contributed by atoms with Crippen LogP contribution in [0.1, 0.15) is 6.42 Å². The predicted octanol–water partition coefficient (Wildman–Crippen LogP) is 1.84. The van der Waals surface area contributed by atoms with E-state index in [1.54, 1.807) is 0 Å². The van der Waals surface area contributed by atoms with Crippen molar-refractivity contribution in [2.24, 2.45) is 0 Å².